The Kier molecular flexibility index (Phi) is 4.33. The standard InChI is InChI=1S/C22H21FN2O4/c1-22(2,3)29-21(28)24-10-14-5-4-13(8-15(14)11-24)18-12-25(20(26)27)19-9-16(23)6-7-17(18)19/h4-9,12H,10-11H2,1-3H3,(H,26,27). The number of benzene rings is 2. The van der Waals surface area contributed by atoms with E-state index in [2.05, 4.69) is 0 Å². The molecule has 0 radical (unpaired) electrons. The number of nitrogens with zero attached hydrogens (tertiary/aromatic N) is 2. The van der Waals surface area contributed by atoms with Crippen LogP contribution in [0.1, 0.15) is 31.9 Å². The van der Waals surface area contributed by atoms with Crippen LogP contribution in [0.3, 0.4) is 0 Å². The van der Waals surface area contributed by atoms with Crippen molar-refractivity contribution >= 4 is 23.1 Å². The second kappa shape index (κ2) is 6.62. The van der Waals surface area contributed by atoms with Crippen LogP contribution in [0.5, 0.6) is 0 Å². The number of aromatic nitrogens is 1. The van der Waals surface area contributed by atoms with E-state index in [1.807, 2.05) is 39.0 Å². The van der Waals surface area contributed by atoms with Crippen molar-refractivity contribution < 1.29 is 23.8 Å². The van der Waals surface area contributed by atoms with Gasteiger partial charge in [-0.05, 0) is 61.7 Å². The summed E-state index contributed by atoms with van der Waals surface area (Å²) in [6.45, 7) is 6.37. The lowest BCUT2D eigenvalue weighted by atomic mass is 10.0. The van der Waals surface area contributed by atoms with Crippen molar-refractivity contribution in [2.45, 2.75) is 39.5 Å². The first-order chi connectivity index (χ1) is 13.6. The van der Waals surface area contributed by atoms with Crippen LogP contribution < -0.4 is 0 Å². The second-order valence-electron chi connectivity index (χ2n) is 8.18. The highest BCUT2D eigenvalue weighted by Gasteiger charge is 2.28. The molecular formula is C22H21FN2O4. The van der Waals surface area contributed by atoms with Crippen molar-refractivity contribution in [1.82, 2.24) is 9.47 Å². The highest BCUT2D eigenvalue weighted by atomic mass is 19.1. The highest BCUT2D eigenvalue weighted by Crippen LogP contribution is 2.34. The largest absolute Gasteiger partial charge is 0.464 e. The number of rotatable bonds is 1. The smallest absolute Gasteiger partial charge is 0.416 e. The molecule has 0 atom stereocenters. The topological polar surface area (TPSA) is 71.8 Å². The third-order valence-electron chi connectivity index (χ3n) is 4.87. The molecule has 1 N–H and O–H groups in total. The average Bonchev–Trinajstić information content (AvgIpc) is 3.20. The summed E-state index contributed by atoms with van der Waals surface area (Å²) < 4.78 is 20.1. The fourth-order valence-electron chi connectivity index (χ4n) is 3.61. The molecule has 1 aromatic heterocycles. The van der Waals surface area contributed by atoms with Crippen LogP contribution in [-0.4, -0.2) is 32.4 Å². The maximum atomic E-state index is 13.7. The third-order valence-corrected chi connectivity index (χ3v) is 4.87. The molecule has 0 fully saturated rings. The molecule has 150 valence electrons. The molecule has 2 heterocycles. The predicted molar refractivity (Wildman–Crippen MR) is 106 cm³/mol. The van der Waals surface area contributed by atoms with Gasteiger partial charge in [-0.15, -0.1) is 0 Å². The second-order valence-corrected chi connectivity index (χ2v) is 8.18. The van der Waals surface area contributed by atoms with E-state index in [9.17, 15) is 19.1 Å². The van der Waals surface area contributed by atoms with Gasteiger partial charge < -0.3 is 9.84 Å². The number of amides is 1. The summed E-state index contributed by atoms with van der Waals surface area (Å²) in [7, 11) is 0. The maximum absolute atomic E-state index is 13.7. The van der Waals surface area contributed by atoms with Gasteiger partial charge in [0.25, 0.3) is 0 Å². The van der Waals surface area contributed by atoms with Gasteiger partial charge in [-0.2, -0.15) is 0 Å². The van der Waals surface area contributed by atoms with E-state index >= 15 is 0 Å². The molecule has 2 aromatic carbocycles. The number of carbonyl (C=O) groups is 2. The summed E-state index contributed by atoms with van der Waals surface area (Å²) in [6, 6.07) is 9.88. The van der Waals surface area contributed by atoms with Crippen LogP contribution in [0.2, 0.25) is 0 Å². The van der Waals surface area contributed by atoms with Crippen molar-refractivity contribution in [3.8, 4) is 11.1 Å². The van der Waals surface area contributed by atoms with E-state index in [0.29, 0.717) is 29.6 Å². The first kappa shape index (κ1) is 19.0. The van der Waals surface area contributed by atoms with Gasteiger partial charge in [-0.25, -0.2) is 14.0 Å². The molecule has 0 aliphatic carbocycles. The molecule has 1 amide bonds. The predicted octanol–water partition coefficient (Wildman–Crippen LogP) is 5.22. The van der Waals surface area contributed by atoms with Crippen LogP contribution in [-0.2, 0) is 17.8 Å². The Bertz CT molecular complexity index is 1140. The minimum absolute atomic E-state index is 0.295. The summed E-state index contributed by atoms with van der Waals surface area (Å²) in [5, 5.41) is 10.1. The van der Waals surface area contributed by atoms with Crippen molar-refractivity contribution in [2.24, 2.45) is 0 Å². The van der Waals surface area contributed by atoms with E-state index in [1.54, 1.807) is 11.0 Å². The van der Waals surface area contributed by atoms with Crippen LogP contribution >= 0.6 is 0 Å². The van der Waals surface area contributed by atoms with Gasteiger partial charge in [0.2, 0.25) is 0 Å². The lowest BCUT2D eigenvalue weighted by molar-refractivity contribution is 0.0242. The van der Waals surface area contributed by atoms with Gasteiger partial charge in [-0.3, -0.25) is 9.47 Å². The van der Waals surface area contributed by atoms with E-state index < -0.39 is 17.5 Å². The number of carboxylic acid groups (broad SMARTS) is 1. The summed E-state index contributed by atoms with van der Waals surface area (Å²) in [4.78, 5) is 25.6. The normalized spacial score (nSPS) is 13.6. The van der Waals surface area contributed by atoms with Crippen molar-refractivity contribution in [1.29, 1.82) is 0 Å². The van der Waals surface area contributed by atoms with E-state index in [-0.39, 0.29) is 6.09 Å². The molecule has 1 aliphatic heterocycles. The zero-order valence-electron chi connectivity index (χ0n) is 16.4. The van der Waals surface area contributed by atoms with Crippen molar-refractivity contribution in [2.75, 3.05) is 0 Å². The summed E-state index contributed by atoms with van der Waals surface area (Å²) in [6.07, 6.45) is -0.0494. The minimum Gasteiger partial charge on any atom is -0.464 e. The third kappa shape index (κ3) is 3.55. The van der Waals surface area contributed by atoms with E-state index in [1.165, 1.54) is 18.3 Å². The number of hydrogen-bond acceptors (Lipinski definition) is 3. The number of hydrogen-bond donors (Lipinski definition) is 1. The molecule has 29 heavy (non-hydrogen) atoms. The number of carbonyl (C=O) groups excluding carboxylic acids is 1. The van der Waals surface area contributed by atoms with E-state index in [0.717, 1.165) is 21.3 Å². The molecule has 0 spiro atoms. The minimum atomic E-state index is -1.18. The Labute approximate surface area is 167 Å². The van der Waals surface area contributed by atoms with Gasteiger partial charge in [-0.1, -0.05) is 12.1 Å². The molecule has 4 rings (SSSR count). The molecule has 0 bridgehead atoms. The SMILES string of the molecule is CC(C)(C)OC(=O)N1Cc2ccc(-c3cn(C(=O)O)c4cc(F)ccc34)cc2C1. The monoisotopic (exact) mass is 396 g/mol. The molecule has 3 aromatic rings. The summed E-state index contributed by atoms with van der Waals surface area (Å²) in [5.74, 6) is -0.494. The Morgan fingerprint density at radius 3 is 2.48 bits per heavy atom. The van der Waals surface area contributed by atoms with Crippen molar-refractivity contribution in [3.63, 3.8) is 0 Å². The van der Waals surface area contributed by atoms with Gasteiger partial charge in [0, 0.05) is 30.2 Å². The Morgan fingerprint density at radius 1 is 1.07 bits per heavy atom. The zero-order valence-corrected chi connectivity index (χ0v) is 16.4. The summed E-state index contributed by atoms with van der Waals surface area (Å²) >= 11 is 0. The average molecular weight is 396 g/mol. The number of halogens is 1. The van der Waals surface area contributed by atoms with Crippen LogP contribution in [0, 0.1) is 5.82 Å². The first-order valence-electron chi connectivity index (χ1n) is 9.26. The number of ether oxygens (including phenoxy) is 1. The van der Waals surface area contributed by atoms with Crippen LogP contribution in [0.15, 0.2) is 42.6 Å². The zero-order chi connectivity index (χ0) is 20.9. The van der Waals surface area contributed by atoms with Crippen molar-refractivity contribution in [3.05, 3.63) is 59.5 Å². The lowest BCUT2D eigenvalue weighted by Crippen LogP contribution is -2.33. The number of fused-ring (bicyclic) bond motifs is 2. The van der Waals surface area contributed by atoms with Gasteiger partial charge in [0.05, 0.1) is 5.52 Å². The van der Waals surface area contributed by atoms with Gasteiger partial charge in [0.15, 0.2) is 0 Å². The quantitative estimate of drug-likeness (QED) is 0.612. The molecule has 1 aliphatic rings. The molecule has 0 unspecified atom stereocenters. The lowest BCUT2D eigenvalue weighted by Gasteiger charge is -2.24. The maximum Gasteiger partial charge on any atom is 0.416 e. The Hall–Kier alpha value is -3.35. The summed E-state index contributed by atoms with van der Waals surface area (Å²) in [5.41, 5.74) is 3.24. The molecule has 0 saturated heterocycles. The molecular weight excluding hydrogens is 375 g/mol. The van der Waals surface area contributed by atoms with Gasteiger partial charge >= 0.3 is 12.2 Å². The Balaban J connectivity index is 1.70. The van der Waals surface area contributed by atoms with Crippen LogP contribution in [0.4, 0.5) is 14.0 Å². The van der Waals surface area contributed by atoms with Crippen LogP contribution in [0.25, 0.3) is 22.0 Å². The molecule has 6 nitrogen and oxygen atoms in total. The molecule has 7 heteroatoms. The fraction of sp³-hybridized carbons (Fsp3) is 0.273. The highest BCUT2D eigenvalue weighted by molar-refractivity contribution is 6.00. The van der Waals surface area contributed by atoms with E-state index in [4.69, 9.17) is 4.74 Å². The fourth-order valence-corrected chi connectivity index (χ4v) is 3.61. The first-order valence-corrected chi connectivity index (χ1v) is 9.26. The molecule has 0 saturated carbocycles. The Morgan fingerprint density at radius 2 is 1.79 bits per heavy atom. The van der Waals surface area contributed by atoms with Gasteiger partial charge in [0.1, 0.15) is 11.4 Å².